The molecule has 0 unspecified atom stereocenters. The van der Waals surface area contributed by atoms with E-state index in [0.29, 0.717) is 10.7 Å². The summed E-state index contributed by atoms with van der Waals surface area (Å²) in [5, 5.41) is 0.346. The molecule has 0 bridgehead atoms. The Balaban J connectivity index is 2.71. The molecule has 0 amide bonds. The zero-order valence-electron chi connectivity index (χ0n) is 6.36. The Morgan fingerprint density at radius 1 is 1.31 bits per heavy atom. The molecular weight excluding hydrogens is 216 g/mol. The van der Waals surface area contributed by atoms with E-state index in [2.05, 4.69) is 5.43 Å². The third kappa shape index (κ3) is 3.60. The SMILES string of the molecule is O=S(=O)(O)NNc1ccccc1Cl. The number of halogens is 1. The summed E-state index contributed by atoms with van der Waals surface area (Å²) in [4.78, 5) is 1.67. The van der Waals surface area contributed by atoms with Crippen LogP contribution in [0, 0.1) is 0 Å². The number of hydrogen-bond acceptors (Lipinski definition) is 3. The zero-order valence-corrected chi connectivity index (χ0v) is 7.93. The molecule has 0 radical (unpaired) electrons. The summed E-state index contributed by atoms with van der Waals surface area (Å²) in [5.41, 5.74) is 2.60. The van der Waals surface area contributed by atoms with Crippen molar-refractivity contribution >= 4 is 27.6 Å². The summed E-state index contributed by atoms with van der Waals surface area (Å²) in [6.07, 6.45) is 0. The first-order valence-corrected chi connectivity index (χ1v) is 5.05. The van der Waals surface area contributed by atoms with Gasteiger partial charge in [-0.3, -0.25) is 4.55 Å². The lowest BCUT2D eigenvalue weighted by Gasteiger charge is -2.06. The molecule has 0 aliphatic carbocycles. The molecule has 0 heterocycles. The molecule has 0 aliphatic heterocycles. The summed E-state index contributed by atoms with van der Waals surface area (Å²) in [6.45, 7) is 0. The Kier molecular flexibility index (Phi) is 3.10. The number of para-hydroxylation sites is 1. The number of hydrazine groups is 1. The van der Waals surface area contributed by atoms with E-state index in [1.54, 1.807) is 29.1 Å². The molecule has 1 rings (SSSR count). The molecule has 13 heavy (non-hydrogen) atoms. The van der Waals surface area contributed by atoms with Gasteiger partial charge in [-0.15, -0.1) is 4.83 Å². The van der Waals surface area contributed by atoms with Gasteiger partial charge in [0.25, 0.3) is 0 Å². The Bertz CT molecular complexity index is 393. The molecule has 0 aromatic heterocycles. The van der Waals surface area contributed by atoms with Crippen LogP contribution >= 0.6 is 11.6 Å². The van der Waals surface area contributed by atoms with E-state index in [9.17, 15) is 8.42 Å². The average Bonchev–Trinajstić information content (AvgIpc) is 2.01. The van der Waals surface area contributed by atoms with Gasteiger partial charge in [-0.1, -0.05) is 23.7 Å². The van der Waals surface area contributed by atoms with Gasteiger partial charge < -0.3 is 5.43 Å². The highest BCUT2D eigenvalue weighted by Gasteiger charge is 2.03. The predicted molar refractivity (Wildman–Crippen MR) is 49.8 cm³/mol. The lowest BCUT2D eigenvalue weighted by atomic mass is 10.3. The van der Waals surface area contributed by atoms with Crippen molar-refractivity contribution in [2.24, 2.45) is 0 Å². The Morgan fingerprint density at radius 3 is 2.46 bits per heavy atom. The first kappa shape index (κ1) is 10.3. The van der Waals surface area contributed by atoms with Crippen molar-refractivity contribution in [2.45, 2.75) is 0 Å². The monoisotopic (exact) mass is 222 g/mol. The van der Waals surface area contributed by atoms with Crippen molar-refractivity contribution in [1.29, 1.82) is 0 Å². The van der Waals surface area contributed by atoms with Crippen LogP contribution in [0.4, 0.5) is 5.69 Å². The highest BCUT2D eigenvalue weighted by molar-refractivity contribution is 7.83. The smallest absolute Gasteiger partial charge is 0.305 e. The number of hydrogen-bond donors (Lipinski definition) is 3. The molecular formula is C6H7ClN2O3S. The first-order chi connectivity index (χ1) is 5.99. The fourth-order valence-corrected chi connectivity index (χ4v) is 1.10. The van der Waals surface area contributed by atoms with Crippen molar-refractivity contribution < 1.29 is 13.0 Å². The van der Waals surface area contributed by atoms with Crippen molar-refractivity contribution in [1.82, 2.24) is 4.83 Å². The molecule has 1 aromatic rings. The second-order valence-electron chi connectivity index (χ2n) is 2.18. The van der Waals surface area contributed by atoms with Crippen LogP contribution < -0.4 is 10.3 Å². The predicted octanol–water partition coefficient (Wildman–Crippen LogP) is 1.06. The van der Waals surface area contributed by atoms with Crippen LogP contribution in [0.2, 0.25) is 5.02 Å². The van der Waals surface area contributed by atoms with Crippen molar-refractivity contribution in [3.05, 3.63) is 29.3 Å². The van der Waals surface area contributed by atoms with Crippen molar-refractivity contribution in [2.75, 3.05) is 5.43 Å². The standard InChI is InChI=1S/C6H7ClN2O3S/c7-5-3-1-2-4-6(5)8-9-13(10,11)12/h1-4,8-9H,(H,10,11,12). The third-order valence-electron chi connectivity index (χ3n) is 1.19. The molecule has 7 heteroatoms. The Labute approximate surface area is 80.6 Å². The summed E-state index contributed by atoms with van der Waals surface area (Å²) in [7, 11) is -4.26. The fourth-order valence-electron chi connectivity index (χ4n) is 0.682. The van der Waals surface area contributed by atoms with Gasteiger partial charge in [-0.05, 0) is 12.1 Å². The minimum Gasteiger partial charge on any atom is -0.305 e. The van der Waals surface area contributed by atoms with Gasteiger partial charge >= 0.3 is 10.3 Å². The fraction of sp³-hybridized carbons (Fsp3) is 0. The van der Waals surface area contributed by atoms with Gasteiger partial charge in [0.15, 0.2) is 0 Å². The van der Waals surface area contributed by atoms with Gasteiger partial charge in [0.05, 0.1) is 10.7 Å². The average molecular weight is 223 g/mol. The summed E-state index contributed by atoms with van der Waals surface area (Å²) in [5.74, 6) is 0. The van der Waals surface area contributed by atoms with Gasteiger partial charge in [0.2, 0.25) is 0 Å². The van der Waals surface area contributed by atoms with E-state index < -0.39 is 10.3 Å². The third-order valence-corrected chi connectivity index (χ3v) is 1.88. The number of benzene rings is 1. The topological polar surface area (TPSA) is 78.4 Å². The lowest BCUT2D eigenvalue weighted by Crippen LogP contribution is -2.28. The minimum atomic E-state index is -4.26. The van der Waals surface area contributed by atoms with Gasteiger partial charge in [0.1, 0.15) is 0 Å². The highest BCUT2D eigenvalue weighted by Crippen LogP contribution is 2.19. The number of rotatable bonds is 3. The molecule has 0 saturated carbocycles. The van der Waals surface area contributed by atoms with Crippen LogP contribution in [0.1, 0.15) is 0 Å². The molecule has 3 N–H and O–H groups in total. The zero-order chi connectivity index (χ0) is 9.90. The Morgan fingerprint density at radius 2 is 1.92 bits per heavy atom. The van der Waals surface area contributed by atoms with Crippen LogP contribution in [0.5, 0.6) is 0 Å². The maximum atomic E-state index is 10.3. The second-order valence-corrected chi connectivity index (χ2v) is 3.74. The van der Waals surface area contributed by atoms with E-state index in [1.807, 2.05) is 0 Å². The van der Waals surface area contributed by atoms with Crippen molar-refractivity contribution in [3.63, 3.8) is 0 Å². The van der Waals surface area contributed by atoms with E-state index in [4.69, 9.17) is 16.2 Å². The maximum Gasteiger partial charge on any atom is 0.350 e. The van der Waals surface area contributed by atoms with E-state index in [0.717, 1.165) is 0 Å². The molecule has 0 fully saturated rings. The lowest BCUT2D eigenvalue weighted by molar-refractivity contribution is 0.473. The Hall–Kier alpha value is -0.820. The normalized spacial score (nSPS) is 11.2. The molecule has 5 nitrogen and oxygen atoms in total. The van der Waals surface area contributed by atoms with E-state index >= 15 is 0 Å². The van der Waals surface area contributed by atoms with Crippen molar-refractivity contribution in [3.8, 4) is 0 Å². The molecule has 1 aromatic carbocycles. The van der Waals surface area contributed by atoms with Gasteiger partial charge in [-0.2, -0.15) is 8.42 Å². The van der Waals surface area contributed by atoms with Crippen LogP contribution in [0.3, 0.4) is 0 Å². The summed E-state index contributed by atoms with van der Waals surface area (Å²) >= 11 is 5.67. The summed E-state index contributed by atoms with van der Waals surface area (Å²) < 4.78 is 28.8. The second kappa shape index (κ2) is 3.93. The van der Waals surface area contributed by atoms with E-state index in [-0.39, 0.29) is 0 Å². The maximum absolute atomic E-state index is 10.3. The van der Waals surface area contributed by atoms with Gasteiger partial charge in [-0.25, -0.2) is 0 Å². The molecule has 0 spiro atoms. The molecule has 0 aliphatic rings. The van der Waals surface area contributed by atoms with Gasteiger partial charge in [0, 0.05) is 0 Å². The minimum absolute atomic E-state index is 0.346. The first-order valence-electron chi connectivity index (χ1n) is 3.24. The summed E-state index contributed by atoms with van der Waals surface area (Å²) in [6, 6.07) is 6.50. The largest absolute Gasteiger partial charge is 0.350 e. The van der Waals surface area contributed by atoms with E-state index in [1.165, 1.54) is 0 Å². The highest BCUT2D eigenvalue weighted by atomic mass is 35.5. The van der Waals surface area contributed by atoms with Crippen LogP contribution in [0.15, 0.2) is 24.3 Å². The molecule has 72 valence electrons. The van der Waals surface area contributed by atoms with Crippen LogP contribution in [-0.2, 0) is 10.3 Å². The molecule has 0 atom stereocenters. The number of nitrogens with one attached hydrogen (secondary N) is 2. The van der Waals surface area contributed by atoms with Crippen LogP contribution in [-0.4, -0.2) is 13.0 Å². The number of anilines is 1. The molecule has 0 saturated heterocycles. The quantitative estimate of drug-likeness (QED) is 0.528. The van der Waals surface area contributed by atoms with Crippen LogP contribution in [0.25, 0.3) is 0 Å².